The maximum Gasteiger partial charge on any atom is 0.0931 e. The van der Waals surface area contributed by atoms with Gasteiger partial charge < -0.3 is 10.3 Å². The van der Waals surface area contributed by atoms with Crippen molar-refractivity contribution < 1.29 is 0 Å². The van der Waals surface area contributed by atoms with Crippen LogP contribution in [0.25, 0.3) is 11.0 Å². The second-order valence-corrected chi connectivity index (χ2v) is 3.47. The van der Waals surface area contributed by atoms with E-state index < -0.39 is 0 Å². The molecule has 3 nitrogen and oxygen atoms in total. The lowest BCUT2D eigenvalue weighted by molar-refractivity contribution is 0.383. The third-order valence-electron chi connectivity index (χ3n) is 2.67. The monoisotopic (exact) mass is 173 g/mol. The first-order valence-electron chi connectivity index (χ1n) is 4.60. The number of aromatic amines is 1. The highest BCUT2D eigenvalue weighted by Crippen LogP contribution is 2.24. The van der Waals surface area contributed by atoms with Crippen LogP contribution in [-0.2, 0) is 0 Å². The molecule has 0 amide bonds. The number of imidazole rings is 1. The zero-order valence-corrected chi connectivity index (χ0v) is 7.25. The van der Waals surface area contributed by atoms with Crippen molar-refractivity contribution in [3.63, 3.8) is 0 Å². The topological polar surface area (TPSA) is 40.7 Å². The first-order chi connectivity index (χ1) is 6.43. The van der Waals surface area contributed by atoms with Gasteiger partial charge in [0.15, 0.2) is 0 Å². The van der Waals surface area contributed by atoms with Crippen molar-refractivity contribution in [2.75, 3.05) is 6.54 Å². The van der Waals surface area contributed by atoms with Crippen molar-refractivity contribution >= 4 is 11.0 Å². The molecule has 0 saturated carbocycles. The summed E-state index contributed by atoms with van der Waals surface area (Å²) >= 11 is 0. The molecular formula is C10H11N3. The minimum absolute atomic E-state index is 0.563. The molecule has 1 aliphatic rings. The zero-order chi connectivity index (χ0) is 8.67. The standard InChI is InChI=1S/C10H11N3/c1-2-9-10(13-6-12-9)5-7(1)8-3-4-11-8/h1-2,5-6,8,11H,3-4H2,(H,12,13). The Bertz CT molecular complexity index is 428. The highest BCUT2D eigenvalue weighted by molar-refractivity contribution is 5.75. The Morgan fingerprint density at radius 2 is 2.31 bits per heavy atom. The molecule has 3 heteroatoms. The second kappa shape index (κ2) is 2.57. The highest BCUT2D eigenvalue weighted by atomic mass is 15.0. The van der Waals surface area contributed by atoms with Crippen molar-refractivity contribution in [2.45, 2.75) is 12.5 Å². The fraction of sp³-hybridized carbons (Fsp3) is 0.300. The number of nitrogens with zero attached hydrogens (tertiary/aromatic N) is 1. The van der Waals surface area contributed by atoms with Gasteiger partial charge in [-0.1, -0.05) is 6.07 Å². The van der Waals surface area contributed by atoms with Crippen LogP contribution in [0.3, 0.4) is 0 Å². The van der Waals surface area contributed by atoms with E-state index >= 15 is 0 Å². The molecule has 0 bridgehead atoms. The minimum Gasteiger partial charge on any atom is -0.345 e. The van der Waals surface area contributed by atoms with Gasteiger partial charge in [0.2, 0.25) is 0 Å². The van der Waals surface area contributed by atoms with E-state index in [1.54, 1.807) is 6.33 Å². The summed E-state index contributed by atoms with van der Waals surface area (Å²) in [7, 11) is 0. The summed E-state index contributed by atoms with van der Waals surface area (Å²) in [6, 6.07) is 6.97. The molecular weight excluding hydrogens is 162 g/mol. The van der Waals surface area contributed by atoms with Gasteiger partial charge in [-0.3, -0.25) is 0 Å². The third-order valence-corrected chi connectivity index (χ3v) is 2.67. The van der Waals surface area contributed by atoms with Crippen LogP contribution in [0.5, 0.6) is 0 Å². The molecule has 3 rings (SSSR count). The van der Waals surface area contributed by atoms with Gasteiger partial charge in [-0.15, -0.1) is 0 Å². The van der Waals surface area contributed by atoms with E-state index in [0.717, 1.165) is 17.6 Å². The van der Waals surface area contributed by atoms with E-state index in [1.807, 2.05) is 0 Å². The Balaban J connectivity index is 2.09. The number of aromatic nitrogens is 2. The molecule has 2 aromatic rings. The quantitative estimate of drug-likeness (QED) is 0.687. The molecule has 66 valence electrons. The van der Waals surface area contributed by atoms with Gasteiger partial charge in [0.25, 0.3) is 0 Å². The van der Waals surface area contributed by atoms with Gasteiger partial charge >= 0.3 is 0 Å². The molecule has 1 unspecified atom stereocenters. The Labute approximate surface area is 76.2 Å². The Morgan fingerprint density at radius 3 is 3.08 bits per heavy atom. The predicted octanol–water partition coefficient (Wildman–Crippen LogP) is 1.60. The maximum absolute atomic E-state index is 4.19. The highest BCUT2D eigenvalue weighted by Gasteiger charge is 2.18. The fourth-order valence-electron chi connectivity index (χ4n) is 1.74. The average molecular weight is 173 g/mol. The van der Waals surface area contributed by atoms with Crippen molar-refractivity contribution in [1.82, 2.24) is 15.3 Å². The van der Waals surface area contributed by atoms with Crippen LogP contribution in [0.4, 0.5) is 0 Å². The summed E-state index contributed by atoms with van der Waals surface area (Å²) in [5.41, 5.74) is 3.54. The number of benzene rings is 1. The van der Waals surface area contributed by atoms with Crippen LogP contribution in [0, 0.1) is 0 Å². The molecule has 1 aliphatic heterocycles. The van der Waals surface area contributed by atoms with Gasteiger partial charge in [0, 0.05) is 6.04 Å². The number of hydrogen-bond acceptors (Lipinski definition) is 2. The number of H-pyrrole nitrogens is 1. The molecule has 13 heavy (non-hydrogen) atoms. The van der Waals surface area contributed by atoms with E-state index in [9.17, 15) is 0 Å². The van der Waals surface area contributed by atoms with E-state index in [1.165, 1.54) is 12.0 Å². The lowest BCUT2D eigenvalue weighted by Gasteiger charge is -2.27. The van der Waals surface area contributed by atoms with Crippen molar-refractivity contribution in [1.29, 1.82) is 0 Å². The Hall–Kier alpha value is -1.35. The number of rotatable bonds is 1. The zero-order valence-electron chi connectivity index (χ0n) is 7.25. The van der Waals surface area contributed by atoms with E-state index in [-0.39, 0.29) is 0 Å². The number of nitrogens with one attached hydrogen (secondary N) is 2. The van der Waals surface area contributed by atoms with Crippen LogP contribution < -0.4 is 5.32 Å². The van der Waals surface area contributed by atoms with Gasteiger partial charge in [0.1, 0.15) is 0 Å². The Kier molecular flexibility index (Phi) is 1.40. The average Bonchev–Trinajstić information content (AvgIpc) is 2.47. The smallest absolute Gasteiger partial charge is 0.0931 e. The van der Waals surface area contributed by atoms with Crippen LogP contribution in [-0.4, -0.2) is 16.5 Å². The maximum atomic E-state index is 4.19. The van der Waals surface area contributed by atoms with Crippen molar-refractivity contribution in [3.8, 4) is 0 Å². The van der Waals surface area contributed by atoms with Gasteiger partial charge in [-0.25, -0.2) is 4.98 Å². The van der Waals surface area contributed by atoms with Crippen molar-refractivity contribution in [2.24, 2.45) is 0 Å². The summed E-state index contributed by atoms with van der Waals surface area (Å²) in [5.74, 6) is 0. The molecule has 1 atom stereocenters. The minimum atomic E-state index is 0.563. The third kappa shape index (κ3) is 1.04. The first-order valence-corrected chi connectivity index (χ1v) is 4.60. The van der Waals surface area contributed by atoms with E-state index in [4.69, 9.17) is 0 Å². The van der Waals surface area contributed by atoms with E-state index in [2.05, 4.69) is 33.5 Å². The molecule has 1 fully saturated rings. The summed E-state index contributed by atoms with van der Waals surface area (Å²) in [5, 5.41) is 3.38. The van der Waals surface area contributed by atoms with Crippen LogP contribution in [0.15, 0.2) is 24.5 Å². The van der Waals surface area contributed by atoms with E-state index in [0.29, 0.717) is 6.04 Å². The molecule has 1 aromatic heterocycles. The molecule has 1 aromatic carbocycles. The van der Waals surface area contributed by atoms with Gasteiger partial charge in [-0.05, 0) is 30.7 Å². The van der Waals surface area contributed by atoms with Crippen LogP contribution in [0.2, 0.25) is 0 Å². The SMILES string of the molecule is c1nc2ccc(C3CCN3)cc2[nH]1. The molecule has 1 saturated heterocycles. The fourth-order valence-corrected chi connectivity index (χ4v) is 1.74. The number of hydrogen-bond donors (Lipinski definition) is 2. The molecule has 0 radical (unpaired) electrons. The molecule has 2 N–H and O–H groups in total. The lowest BCUT2D eigenvalue weighted by Crippen LogP contribution is -2.34. The molecule has 0 spiro atoms. The van der Waals surface area contributed by atoms with Gasteiger partial charge in [-0.2, -0.15) is 0 Å². The Morgan fingerprint density at radius 1 is 1.38 bits per heavy atom. The summed E-state index contributed by atoms with van der Waals surface area (Å²) in [6.45, 7) is 1.14. The number of fused-ring (bicyclic) bond motifs is 1. The molecule has 2 heterocycles. The second-order valence-electron chi connectivity index (χ2n) is 3.47. The lowest BCUT2D eigenvalue weighted by atomic mass is 9.98. The van der Waals surface area contributed by atoms with Gasteiger partial charge in [0.05, 0.1) is 17.4 Å². The first kappa shape index (κ1) is 7.09. The van der Waals surface area contributed by atoms with Crippen LogP contribution >= 0.6 is 0 Å². The normalized spacial score (nSPS) is 21.7. The predicted molar refractivity (Wildman–Crippen MR) is 51.5 cm³/mol. The molecule has 0 aliphatic carbocycles. The van der Waals surface area contributed by atoms with Crippen LogP contribution in [0.1, 0.15) is 18.0 Å². The van der Waals surface area contributed by atoms with Crippen molar-refractivity contribution in [3.05, 3.63) is 30.1 Å². The summed E-state index contributed by atoms with van der Waals surface area (Å²) in [6.07, 6.45) is 2.99. The summed E-state index contributed by atoms with van der Waals surface area (Å²) < 4.78 is 0. The summed E-state index contributed by atoms with van der Waals surface area (Å²) in [4.78, 5) is 7.31. The largest absolute Gasteiger partial charge is 0.345 e.